The van der Waals surface area contributed by atoms with E-state index in [1.165, 1.54) is 19.8 Å². The van der Waals surface area contributed by atoms with Crippen molar-refractivity contribution in [3.8, 4) is 11.8 Å². The molecule has 0 unspecified atom stereocenters. The summed E-state index contributed by atoms with van der Waals surface area (Å²) < 4.78 is 5.37. The van der Waals surface area contributed by atoms with E-state index in [-0.39, 0.29) is 5.97 Å². The van der Waals surface area contributed by atoms with Crippen molar-refractivity contribution in [2.75, 3.05) is 19.6 Å². The molecule has 0 aromatic heterocycles. The highest BCUT2D eigenvalue weighted by Crippen LogP contribution is 2.19. The van der Waals surface area contributed by atoms with Gasteiger partial charge in [-0.1, -0.05) is 25.7 Å². The van der Waals surface area contributed by atoms with Crippen molar-refractivity contribution in [2.45, 2.75) is 52.1 Å². The summed E-state index contributed by atoms with van der Waals surface area (Å²) in [7, 11) is 0. The molecular weight excluding hydrogens is 214 g/mol. The van der Waals surface area contributed by atoms with Crippen LogP contribution in [0.3, 0.4) is 0 Å². The van der Waals surface area contributed by atoms with E-state index >= 15 is 0 Å². The van der Waals surface area contributed by atoms with Gasteiger partial charge in [-0.25, -0.2) is 0 Å². The lowest BCUT2D eigenvalue weighted by molar-refractivity contribution is -0.152. The lowest BCUT2D eigenvalue weighted by Gasteiger charge is -2.25. The quantitative estimate of drug-likeness (QED) is 0.554. The smallest absolute Gasteiger partial charge is 0.304 e. The van der Waals surface area contributed by atoms with Crippen LogP contribution >= 0.6 is 0 Å². The van der Waals surface area contributed by atoms with Crippen molar-refractivity contribution in [3.63, 3.8) is 0 Å². The third kappa shape index (κ3) is 4.40. The standard InChI is InChI=1S/C14H23NO2/c1-4-14(5-2,17-13(3)16)9-8-12-15-10-6-7-11-15/h4-7,10-12H2,1-3H3. The summed E-state index contributed by atoms with van der Waals surface area (Å²) in [6.07, 6.45) is 4.04. The largest absolute Gasteiger partial charge is 0.446 e. The number of hydrogen-bond donors (Lipinski definition) is 0. The number of carbonyl (C=O) groups excluding carboxylic acids is 1. The van der Waals surface area contributed by atoms with Gasteiger partial charge in [-0.2, -0.15) is 0 Å². The molecule has 1 fully saturated rings. The molecule has 3 heteroatoms. The monoisotopic (exact) mass is 237 g/mol. The van der Waals surface area contributed by atoms with Crippen LogP contribution in [-0.4, -0.2) is 36.1 Å². The van der Waals surface area contributed by atoms with Crippen LogP contribution in [-0.2, 0) is 9.53 Å². The summed E-state index contributed by atoms with van der Waals surface area (Å²) in [6, 6.07) is 0. The Balaban J connectivity index is 2.58. The maximum absolute atomic E-state index is 11.1. The summed E-state index contributed by atoms with van der Waals surface area (Å²) in [4.78, 5) is 13.4. The van der Waals surface area contributed by atoms with Crippen molar-refractivity contribution in [1.29, 1.82) is 0 Å². The third-order valence-corrected chi connectivity index (χ3v) is 3.30. The van der Waals surface area contributed by atoms with Crippen LogP contribution in [0.1, 0.15) is 46.5 Å². The van der Waals surface area contributed by atoms with Crippen molar-refractivity contribution >= 4 is 5.97 Å². The van der Waals surface area contributed by atoms with Gasteiger partial charge in [-0.15, -0.1) is 0 Å². The molecule has 1 aliphatic heterocycles. The van der Waals surface area contributed by atoms with Crippen molar-refractivity contribution < 1.29 is 9.53 Å². The zero-order valence-corrected chi connectivity index (χ0v) is 11.2. The average molecular weight is 237 g/mol. The van der Waals surface area contributed by atoms with E-state index in [2.05, 4.69) is 16.7 Å². The van der Waals surface area contributed by atoms with Crippen LogP contribution in [0.15, 0.2) is 0 Å². The number of carbonyl (C=O) groups is 1. The van der Waals surface area contributed by atoms with E-state index in [1.54, 1.807) is 0 Å². The third-order valence-electron chi connectivity index (χ3n) is 3.30. The molecule has 0 N–H and O–H groups in total. The molecular formula is C14H23NO2. The lowest BCUT2D eigenvalue weighted by Crippen LogP contribution is -2.31. The van der Waals surface area contributed by atoms with Crippen molar-refractivity contribution in [2.24, 2.45) is 0 Å². The van der Waals surface area contributed by atoms with Crippen LogP contribution in [0, 0.1) is 11.8 Å². The molecule has 1 heterocycles. The number of ether oxygens (including phenoxy) is 1. The molecule has 0 aliphatic carbocycles. The Kier molecular flexibility index (Phi) is 5.50. The summed E-state index contributed by atoms with van der Waals surface area (Å²) in [5.74, 6) is 6.08. The second-order valence-corrected chi connectivity index (χ2v) is 4.58. The fourth-order valence-corrected chi connectivity index (χ4v) is 2.12. The molecule has 1 saturated heterocycles. The van der Waals surface area contributed by atoms with E-state index in [0.717, 1.165) is 32.5 Å². The molecule has 0 amide bonds. The van der Waals surface area contributed by atoms with Gasteiger partial charge in [-0.05, 0) is 38.8 Å². The average Bonchev–Trinajstić information content (AvgIpc) is 2.80. The first kappa shape index (κ1) is 14.1. The van der Waals surface area contributed by atoms with E-state index in [9.17, 15) is 4.79 Å². The van der Waals surface area contributed by atoms with Crippen LogP contribution in [0.25, 0.3) is 0 Å². The minimum atomic E-state index is -0.578. The summed E-state index contributed by atoms with van der Waals surface area (Å²) in [5.41, 5.74) is -0.578. The molecule has 3 nitrogen and oxygen atoms in total. The van der Waals surface area contributed by atoms with E-state index < -0.39 is 5.60 Å². The first-order valence-corrected chi connectivity index (χ1v) is 6.54. The zero-order chi connectivity index (χ0) is 12.7. The van der Waals surface area contributed by atoms with E-state index in [4.69, 9.17) is 4.74 Å². The SMILES string of the molecule is CCC(C#CCN1CCCC1)(CC)OC(C)=O. The van der Waals surface area contributed by atoms with Gasteiger partial charge in [-0.3, -0.25) is 9.69 Å². The van der Waals surface area contributed by atoms with Gasteiger partial charge in [0.1, 0.15) is 0 Å². The van der Waals surface area contributed by atoms with Crippen LogP contribution in [0.2, 0.25) is 0 Å². The Hall–Kier alpha value is -1.01. The number of likely N-dealkylation sites (tertiary alicyclic amines) is 1. The Morgan fingerprint density at radius 1 is 1.29 bits per heavy atom. The topological polar surface area (TPSA) is 29.5 Å². The molecule has 1 rings (SSSR count). The molecule has 0 spiro atoms. The number of hydrogen-bond acceptors (Lipinski definition) is 3. The molecule has 0 aromatic rings. The summed E-state index contributed by atoms with van der Waals surface area (Å²) >= 11 is 0. The molecule has 0 atom stereocenters. The predicted octanol–water partition coefficient (Wildman–Crippen LogP) is 2.21. The van der Waals surface area contributed by atoms with Crippen molar-refractivity contribution in [1.82, 2.24) is 4.90 Å². The van der Waals surface area contributed by atoms with Gasteiger partial charge in [0.25, 0.3) is 0 Å². The molecule has 0 saturated carbocycles. The molecule has 17 heavy (non-hydrogen) atoms. The van der Waals surface area contributed by atoms with Crippen LogP contribution in [0.4, 0.5) is 0 Å². The minimum absolute atomic E-state index is 0.246. The molecule has 0 radical (unpaired) electrons. The molecule has 0 bridgehead atoms. The maximum atomic E-state index is 11.1. The highest BCUT2D eigenvalue weighted by molar-refractivity contribution is 5.67. The predicted molar refractivity (Wildman–Crippen MR) is 68.5 cm³/mol. The van der Waals surface area contributed by atoms with Gasteiger partial charge in [0.05, 0.1) is 6.54 Å². The maximum Gasteiger partial charge on any atom is 0.304 e. The zero-order valence-electron chi connectivity index (χ0n) is 11.2. The van der Waals surface area contributed by atoms with Gasteiger partial charge in [0, 0.05) is 6.92 Å². The fourth-order valence-electron chi connectivity index (χ4n) is 2.12. The van der Waals surface area contributed by atoms with Crippen LogP contribution < -0.4 is 0 Å². The summed E-state index contributed by atoms with van der Waals surface area (Å²) in [6.45, 7) is 8.56. The first-order valence-electron chi connectivity index (χ1n) is 6.54. The second-order valence-electron chi connectivity index (χ2n) is 4.58. The number of esters is 1. The molecule has 96 valence electrons. The number of nitrogens with zero attached hydrogens (tertiary/aromatic N) is 1. The number of rotatable bonds is 4. The first-order chi connectivity index (χ1) is 8.12. The lowest BCUT2D eigenvalue weighted by atomic mass is 9.98. The van der Waals surface area contributed by atoms with Crippen LogP contribution in [0.5, 0.6) is 0 Å². The Morgan fingerprint density at radius 2 is 1.88 bits per heavy atom. The van der Waals surface area contributed by atoms with Crippen molar-refractivity contribution in [3.05, 3.63) is 0 Å². The minimum Gasteiger partial charge on any atom is -0.446 e. The Labute approximate surface area is 105 Å². The summed E-state index contributed by atoms with van der Waals surface area (Å²) in [5, 5.41) is 0. The second kappa shape index (κ2) is 6.66. The molecule has 0 aromatic carbocycles. The Bertz CT molecular complexity index is 304. The molecule has 1 aliphatic rings. The van der Waals surface area contributed by atoms with E-state index in [1.807, 2.05) is 13.8 Å². The van der Waals surface area contributed by atoms with Gasteiger partial charge < -0.3 is 4.74 Å². The fraction of sp³-hybridized carbons (Fsp3) is 0.786. The highest BCUT2D eigenvalue weighted by Gasteiger charge is 2.26. The van der Waals surface area contributed by atoms with Gasteiger partial charge in [0.15, 0.2) is 5.60 Å². The normalized spacial score (nSPS) is 16.4. The van der Waals surface area contributed by atoms with Gasteiger partial charge >= 0.3 is 5.97 Å². The Morgan fingerprint density at radius 3 is 2.35 bits per heavy atom. The highest BCUT2D eigenvalue weighted by atomic mass is 16.6. The van der Waals surface area contributed by atoms with Gasteiger partial charge in [0.2, 0.25) is 0 Å². The van der Waals surface area contributed by atoms with E-state index in [0.29, 0.717) is 0 Å².